The fourth-order valence-corrected chi connectivity index (χ4v) is 13.3. The van der Waals surface area contributed by atoms with Crippen molar-refractivity contribution in [1.82, 2.24) is 0 Å². The Morgan fingerprint density at radius 1 is 0.368 bits per heavy atom. The zero-order valence-electron chi connectivity index (χ0n) is 31.9. The van der Waals surface area contributed by atoms with Gasteiger partial charge in [-0.25, -0.2) is 0 Å². The zero-order valence-corrected chi connectivity index (χ0v) is 31.9. The van der Waals surface area contributed by atoms with Gasteiger partial charge < -0.3 is 9.80 Å². The standard InChI is InChI=1S/C48H29B5N2O2/c1-22-17-32-41-34(19-22)53-35-20-23(2)18-33-42(35)55-44-31(50(33)4)16-14-27-39(44)52(29-12-8-6-10-25(29)48(27)57)37-21-36-45(40(53)46(37)55)54(41)43-30(49(32)3)15-13-26-38(43)51(36)28-11-7-5-9-24(28)47(26)56/h5-21H,1-4H3. The summed E-state index contributed by atoms with van der Waals surface area (Å²) in [6, 6.07) is 37.8. The first-order chi connectivity index (χ1) is 27.8. The van der Waals surface area contributed by atoms with Gasteiger partial charge in [0.25, 0.3) is 6.71 Å². The van der Waals surface area contributed by atoms with Crippen LogP contribution in [-0.2, 0) is 0 Å². The van der Waals surface area contributed by atoms with Crippen LogP contribution in [0.15, 0.2) is 103 Å². The van der Waals surface area contributed by atoms with Gasteiger partial charge in [0.15, 0.2) is 11.6 Å². The summed E-state index contributed by atoms with van der Waals surface area (Å²) in [6.45, 7) is 9.39. The molecule has 8 aliphatic heterocycles. The smallest absolute Gasteiger partial charge is 0.252 e. The van der Waals surface area contributed by atoms with Crippen molar-refractivity contribution in [2.75, 3.05) is 9.80 Å². The Hall–Kier alpha value is -6.20. The minimum atomic E-state index is -0.110. The minimum absolute atomic E-state index is 0.0152. The molecule has 7 aromatic rings. The summed E-state index contributed by atoms with van der Waals surface area (Å²) in [5.74, 6) is 0.232. The molecule has 0 amide bonds. The summed E-state index contributed by atoms with van der Waals surface area (Å²) in [5.41, 5.74) is 29.8. The molecule has 15 rings (SSSR count). The van der Waals surface area contributed by atoms with Gasteiger partial charge >= 0.3 is 0 Å². The third-order valence-corrected chi connectivity index (χ3v) is 15.3. The molecule has 0 radical (unpaired) electrons. The lowest BCUT2D eigenvalue weighted by Gasteiger charge is -2.55. The second kappa shape index (κ2) is 9.32. The van der Waals surface area contributed by atoms with Gasteiger partial charge in [-0.2, -0.15) is 0 Å². The Balaban J connectivity index is 1.20. The Kier molecular flexibility index (Phi) is 4.91. The van der Waals surface area contributed by atoms with E-state index in [0.717, 1.165) is 44.1 Å². The maximum absolute atomic E-state index is 14.6. The molecule has 0 fully saturated rings. The number of hydrogen-bond donors (Lipinski definition) is 0. The maximum atomic E-state index is 14.6. The van der Waals surface area contributed by atoms with E-state index in [0.29, 0.717) is 0 Å². The normalized spacial score (nSPS) is 16.2. The second-order valence-electron chi connectivity index (χ2n) is 17.9. The molecule has 258 valence electrons. The highest BCUT2D eigenvalue weighted by Gasteiger charge is 2.58. The molecule has 8 heterocycles. The number of carbonyl (C=O) groups is 2. The monoisotopic (exact) mass is 720 g/mol. The summed E-state index contributed by atoms with van der Waals surface area (Å²) >= 11 is 0. The van der Waals surface area contributed by atoms with Crippen molar-refractivity contribution in [1.29, 1.82) is 0 Å². The number of aryl methyl sites for hydroxylation is 2. The lowest BCUT2D eigenvalue weighted by Crippen LogP contribution is -2.76. The first-order valence-electron chi connectivity index (χ1n) is 20.5. The molecule has 7 aromatic carbocycles. The third-order valence-electron chi connectivity index (χ3n) is 15.3. The van der Waals surface area contributed by atoms with Crippen LogP contribution < -0.4 is 80.8 Å². The van der Waals surface area contributed by atoms with Crippen LogP contribution in [0.3, 0.4) is 0 Å². The van der Waals surface area contributed by atoms with Gasteiger partial charge in [0.05, 0.1) is 0 Å². The fourth-order valence-electron chi connectivity index (χ4n) is 13.3. The fraction of sp³-hybridized carbons (Fsp3) is 0.0833. The number of benzene rings is 7. The second-order valence-corrected chi connectivity index (χ2v) is 17.9. The highest BCUT2D eigenvalue weighted by Crippen LogP contribution is 2.47. The van der Waals surface area contributed by atoms with E-state index in [1.54, 1.807) is 0 Å². The molecular formula is C48H29B5N2O2. The molecule has 57 heavy (non-hydrogen) atoms. The Labute approximate surface area is 332 Å². The lowest BCUT2D eigenvalue weighted by atomic mass is 9.22. The van der Waals surface area contributed by atoms with Crippen molar-refractivity contribution in [3.05, 3.63) is 137 Å². The Morgan fingerprint density at radius 3 is 1.23 bits per heavy atom. The van der Waals surface area contributed by atoms with E-state index >= 15 is 0 Å². The van der Waals surface area contributed by atoms with Crippen LogP contribution in [-0.4, -0.2) is 45.1 Å². The average Bonchev–Trinajstić information content (AvgIpc) is 3.22. The first-order valence-corrected chi connectivity index (χ1v) is 20.5. The minimum Gasteiger partial charge on any atom is -0.313 e. The van der Waals surface area contributed by atoms with Crippen LogP contribution in [0.25, 0.3) is 0 Å². The number of ketones is 2. The Morgan fingerprint density at radius 2 is 0.754 bits per heavy atom. The number of rotatable bonds is 0. The van der Waals surface area contributed by atoms with Crippen molar-refractivity contribution in [3.63, 3.8) is 0 Å². The highest BCUT2D eigenvalue weighted by atomic mass is 16.1. The van der Waals surface area contributed by atoms with E-state index in [2.05, 4.69) is 116 Å². The summed E-state index contributed by atoms with van der Waals surface area (Å²) < 4.78 is 0. The van der Waals surface area contributed by atoms with E-state index in [-0.39, 0.29) is 45.1 Å². The molecule has 0 saturated heterocycles. The van der Waals surface area contributed by atoms with Crippen molar-refractivity contribution >= 4 is 150 Å². The Bertz CT molecular complexity index is 3090. The number of fused-ring (bicyclic) bond motifs is 8. The van der Waals surface area contributed by atoms with Gasteiger partial charge in [0, 0.05) is 56.4 Å². The predicted octanol–water partition coefficient (Wildman–Crippen LogP) is 0.238. The van der Waals surface area contributed by atoms with Gasteiger partial charge in [-0.3, -0.25) is 9.59 Å². The average molecular weight is 720 g/mol. The van der Waals surface area contributed by atoms with Crippen LogP contribution in [0, 0.1) is 13.8 Å². The van der Waals surface area contributed by atoms with Crippen molar-refractivity contribution < 1.29 is 9.59 Å². The van der Waals surface area contributed by atoms with Crippen LogP contribution in [0.2, 0.25) is 13.6 Å². The van der Waals surface area contributed by atoms with E-state index in [1.165, 1.54) is 94.4 Å². The predicted molar refractivity (Wildman–Crippen MR) is 241 cm³/mol. The molecule has 0 atom stereocenters. The number of carbonyl (C=O) groups excluding carboxylic acids is 2. The lowest BCUT2D eigenvalue weighted by molar-refractivity contribution is 0.103. The van der Waals surface area contributed by atoms with E-state index < -0.39 is 0 Å². The van der Waals surface area contributed by atoms with E-state index in [1.807, 2.05) is 24.3 Å². The van der Waals surface area contributed by atoms with Crippen LogP contribution in [0.5, 0.6) is 0 Å². The molecule has 9 heteroatoms. The van der Waals surface area contributed by atoms with Crippen molar-refractivity contribution in [2.24, 2.45) is 0 Å². The molecular weight excluding hydrogens is 691 g/mol. The molecule has 0 spiro atoms. The molecule has 4 nitrogen and oxygen atoms in total. The van der Waals surface area contributed by atoms with Crippen molar-refractivity contribution in [3.8, 4) is 0 Å². The van der Waals surface area contributed by atoms with Gasteiger partial charge in [0.1, 0.15) is 0 Å². The van der Waals surface area contributed by atoms with Gasteiger partial charge in [-0.15, -0.1) is 0 Å². The molecule has 0 unspecified atom stereocenters. The number of hydrogen-bond acceptors (Lipinski definition) is 4. The molecule has 0 saturated carbocycles. The maximum Gasteiger partial charge on any atom is 0.252 e. The van der Waals surface area contributed by atoms with Gasteiger partial charge in [-0.05, 0) is 52.1 Å². The summed E-state index contributed by atoms with van der Waals surface area (Å²) in [4.78, 5) is 34.4. The highest BCUT2D eigenvalue weighted by molar-refractivity contribution is 7.09. The molecule has 0 bridgehead atoms. The summed E-state index contributed by atoms with van der Waals surface area (Å²) in [6.07, 6.45) is 0. The van der Waals surface area contributed by atoms with E-state index in [9.17, 15) is 9.59 Å². The quantitative estimate of drug-likeness (QED) is 0.211. The van der Waals surface area contributed by atoms with Crippen LogP contribution in [0.1, 0.15) is 43.0 Å². The van der Waals surface area contributed by atoms with Gasteiger partial charge in [0.2, 0.25) is 26.9 Å². The SMILES string of the molecule is CB1c2cc(C)cc3c2N2c4c1ccc1c4B(c4ccccc4C1=O)c1cc4c5c(c12)B3c1cc(C)cc2c1N5c1c(ccc3c1B4c1ccccc1C3=O)B2C. The van der Waals surface area contributed by atoms with Crippen LogP contribution in [0.4, 0.5) is 34.1 Å². The molecule has 0 aliphatic carbocycles. The van der Waals surface area contributed by atoms with E-state index in [4.69, 9.17) is 0 Å². The molecule has 0 N–H and O–H groups in total. The first kappa shape index (κ1) is 30.0. The number of nitrogens with zero attached hydrogens (tertiary/aromatic N) is 2. The summed E-state index contributed by atoms with van der Waals surface area (Å²) in [5, 5.41) is 0. The topological polar surface area (TPSA) is 40.6 Å². The zero-order chi connectivity index (χ0) is 37.7. The number of anilines is 6. The largest absolute Gasteiger partial charge is 0.313 e. The summed E-state index contributed by atoms with van der Waals surface area (Å²) in [7, 11) is 0. The molecule has 0 aromatic heterocycles. The van der Waals surface area contributed by atoms with Crippen LogP contribution >= 0.6 is 0 Å². The van der Waals surface area contributed by atoms with Crippen molar-refractivity contribution in [2.45, 2.75) is 27.5 Å². The molecule has 8 aliphatic rings. The third kappa shape index (κ3) is 3.03. The van der Waals surface area contributed by atoms with Gasteiger partial charge in [-0.1, -0.05) is 161 Å².